The number of carbonyl (C=O) groups is 3. The van der Waals surface area contributed by atoms with Gasteiger partial charge >= 0.3 is 5.97 Å². The number of hydrogen-bond acceptors (Lipinski definition) is 9. The van der Waals surface area contributed by atoms with Crippen LogP contribution < -0.4 is 11.1 Å². The van der Waals surface area contributed by atoms with E-state index in [0.717, 1.165) is 0 Å². The molecule has 5 atom stereocenters. The van der Waals surface area contributed by atoms with Gasteiger partial charge in [-0.2, -0.15) is 12.6 Å². The van der Waals surface area contributed by atoms with Crippen molar-refractivity contribution in [3.05, 3.63) is 0 Å². The summed E-state index contributed by atoms with van der Waals surface area (Å²) < 4.78 is 4.86. The number of aldehydes is 1. The van der Waals surface area contributed by atoms with Crippen LogP contribution in [0.2, 0.25) is 0 Å². The smallest absolute Gasteiger partial charge is 0.329 e. The van der Waals surface area contributed by atoms with Crippen molar-refractivity contribution in [2.75, 3.05) is 12.4 Å². The largest absolute Gasteiger partial charge is 0.456 e. The van der Waals surface area contributed by atoms with Crippen LogP contribution in [0, 0.1) is 0 Å². The fraction of sp³-hybridized carbons (Fsp3) is 0.727. The normalized spacial score (nSPS) is 18.0. The summed E-state index contributed by atoms with van der Waals surface area (Å²) in [5, 5.41) is 30.1. The average molecular weight is 324 g/mol. The molecule has 0 unspecified atom stereocenters. The van der Waals surface area contributed by atoms with Crippen LogP contribution in [0.15, 0.2) is 0 Å². The van der Waals surface area contributed by atoms with Crippen molar-refractivity contribution in [1.82, 2.24) is 5.32 Å². The van der Waals surface area contributed by atoms with Gasteiger partial charge in [0, 0.05) is 12.7 Å². The van der Waals surface area contributed by atoms with Crippen molar-refractivity contribution >= 4 is 30.8 Å². The molecule has 0 bridgehead atoms. The number of rotatable bonds is 9. The number of nitrogens with two attached hydrogens (primary N) is 1. The first-order valence-electron chi connectivity index (χ1n) is 6.04. The van der Waals surface area contributed by atoms with Crippen molar-refractivity contribution < 1.29 is 34.4 Å². The molecule has 0 heterocycles. The van der Waals surface area contributed by atoms with Gasteiger partial charge in [0.2, 0.25) is 5.91 Å². The second-order valence-electron chi connectivity index (χ2n) is 4.29. The van der Waals surface area contributed by atoms with Gasteiger partial charge in [0.05, 0.1) is 6.61 Å². The molecule has 0 fully saturated rings. The molecule has 10 heteroatoms. The fourth-order valence-corrected chi connectivity index (χ4v) is 1.66. The Kier molecular flexibility index (Phi) is 9.13. The summed E-state index contributed by atoms with van der Waals surface area (Å²) in [5.41, 5.74) is 5.40. The number of nitrogens with one attached hydrogen (secondary N) is 1. The summed E-state index contributed by atoms with van der Waals surface area (Å²) in [6.07, 6.45) is -4.77. The fourth-order valence-electron chi connectivity index (χ4n) is 1.42. The van der Waals surface area contributed by atoms with Gasteiger partial charge in [-0.1, -0.05) is 0 Å². The molecule has 0 aromatic heterocycles. The SMILES string of the molecule is CC(=O)N[C@@H](CS)C(=O)O[C@@H]([C@H](O)[C@H](O)CO)[C@@H](N)C=O. The van der Waals surface area contributed by atoms with Crippen LogP contribution in [-0.4, -0.2) is 76.2 Å². The van der Waals surface area contributed by atoms with Gasteiger partial charge in [-0.3, -0.25) is 4.79 Å². The van der Waals surface area contributed by atoms with Crippen molar-refractivity contribution in [3.63, 3.8) is 0 Å². The number of carbonyl (C=O) groups excluding carboxylic acids is 3. The van der Waals surface area contributed by atoms with Crippen LogP contribution in [0.25, 0.3) is 0 Å². The van der Waals surface area contributed by atoms with Crippen molar-refractivity contribution in [2.24, 2.45) is 5.73 Å². The summed E-state index contributed by atoms with van der Waals surface area (Å²) in [7, 11) is 0. The molecule has 0 rings (SSSR count). The summed E-state index contributed by atoms with van der Waals surface area (Å²) in [5.74, 6) is -1.56. The maximum Gasteiger partial charge on any atom is 0.329 e. The molecule has 0 aliphatic rings. The van der Waals surface area contributed by atoms with Crippen molar-refractivity contribution in [2.45, 2.75) is 37.3 Å². The number of aliphatic hydroxyl groups is 3. The molecule has 9 nitrogen and oxygen atoms in total. The first-order chi connectivity index (χ1) is 9.78. The van der Waals surface area contributed by atoms with Crippen LogP contribution >= 0.6 is 12.6 Å². The number of hydrogen-bond donors (Lipinski definition) is 6. The highest BCUT2D eigenvalue weighted by Gasteiger charge is 2.35. The molecule has 1 amide bonds. The van der Waals surface area contributed by atoms with Crippen LogP contribution in [-0.2, 0) is 19.1 Å². The van der Waals surface area contributed by atoms with Gasteiger partial charge in [0.15, 0.2) is 6.10 Å². The molecule has 0 aliphatic heterocycles. The lowest BCUT2D eigenvalue weighted by Gasteiger charge is -2.29. The second kappa shape index (κ2) is 9.68. The molecule has 0 saturated heterocycles. The van der Waals surface area contributed by atoms with Gasteiger partial charge in [-0.15, -0.1) is 0 Å². The van der Waals surface area contributed by atoms with Crippen LogP contribution in [0.5, 0.6) is 0 Å². The Morgan fingerprint density at radius 2 is 2.00 bits per heavy atom. The number of esters is 1. The third-order valence-electron chi connectivity index (χ3n) is 2.55. The van der Waals surface area contributed by atoms with Crippen molar-refractivity contribution in [3.8, 4) is 0 Å². The van der Waals surface area contributed by atoms with Crippen LogP contribution in [0.3, 0.4) is 0 Å². The zero-order chi connectivity index (χ0) is 16.6. The van der Waals surface area contributed by atoms with Crippen LogP contribution in [0.1, 0.15) is 6.92 Å². The maximum absolute atomic E-state index is 11.8. The lowest BCUT2D eigenvalue weighted by atomic mass is 10.0. The molecule has 0 aromatic rings. The molecule has 6 N–H and O–H groups in total. The predicted octanol–water partition coefficient (Wildman–Crippen LogP) is -3.43. The highest BCUT2D eigenvalue weighted by molar-refractivity contribution is 7.80. The molecular weight excluding hydrogens is 304 g/mol. The van der Waals surface area contributed by atoms with E-state index in [-0.39, 0.29) is 12.0 Å². The molecule has 0 aliphatic carbocycles. The first-order valence-corrected chi connectivity index (χ1v) is 6.68. The number of aliphatic hydroxyl groups excluding tert-OH is 3. The van der Waals surface area contributed by atoms with Gasteiger partial charge in [-0.05, 0) is 0 Å². The Balaban J connectivity index is 4.99. The molecular formula is C11H20N2O7S. The quantitative estimate of drug-likeness (QED) is 0.145. The van der Waals surface area contributed by atoms with E-state index in [0.29, 0.717) is 0 Å². The molecule has 0 spiro atoms. The van der Waals surface area contributed by atoms with E-state index in [4.69, 9.17) is 15.6 Å². The highest BCUT2D eigenvalue weighted by Crippen LogP contribution is 2.09. The lowest BCUT2D eigenvalue weighted by molar-refractivity contribution is -0.166. The van der Waals surface area contributed by atoms with E-state index in [9.17, 15) is 24.6 Å². The Hall–Kier alpha value is -1.20. The van der Waals surface area contributed by atoms with Gasteiger partial charge in [0.1, 0.15) is 30.6 Å². The van der Waals surface area contributed by atoms with E-state index in [1.54, 1.807) is 0 Å². The number of ether oxygens (including phenoxy) is 1. The summed E-state index contributed by atoms with van der Waals surface area (Å²) in [6.45, 7) is 0.366. The van der Waals surface area contributed by atoms with E-state index in [1.807, 2.05) is 0 Å². The zero-order valence-corrected chi connectivity index (χ0v) is 12.3. The Morgan fingerprint density at radius 3 is 2.38 bits per heavy atom. The minimum Gasteiger partial charge on any atom is -0.456 e. The molecule has 0 radical (unpaired) electrons. The zero-order valence-electron chi connectivity index (χ0n) is 11.4. The highest BCUT2D eigenvalue weighted by atomic mass is 32.1. The Morgan fingerprint density at radius 1 is 1.43 bits per heavy atom. The first kappa shape index (κ1) is 19.8. The topological polar surface area (TPSA) is 159 Å². The predicted molar refractivity (Wildman–Crippen MR) is 74.5 cm³/mol. The number of thiol groups is 1. The van der Waals surface area contributed by atoms with E-state index in [2.05, 4.69) is 17.9 Å². The van der Waals surface area contributed by atoms with Crippen molar-refractivity contribution in [1.29, 1.82) is 0 Å². The van der Waals surface area contributed by atoms with Gasteiger partial charge in [0.25, 0.3) is 0 Å². The Labute approximate surface area is 126 Å². The monoisotopic (exact) mass is 324 g/mol. The summed E-state index contributed by atoms with van der Waals surface area (Å²) in [6, 6.07) is -2.52. The molecule has 21 heavy (non-hydrogen) atoms. The molecule has 122 valence electrons. The Bertz CT molecular complexity index is 368. The van der Waals surface area contributed by atoms with E-state index >= 15 is 0 Å². The van der Waals surface area contributed by atoms with Gasteiger partial charge in [-0.25, -0.2) is 4.79 Å². The minimum atomic E-state index is -1.77. The third-order valence-corrected chi connectivity index (χ3v) is 2.92. The average Bonchev–Trinajstić information content (AvgIpc) is 2.47. The summed E-state index contributed by atoms with van der Waals surface area (Å²) in [4.78, 5) is 33.5. The van der Waals surface area contributed by atoms with E-state index in [1.165, 1.54) is 6.92 Å². The van der Waals surface area contributed by atoms with Gasteiger partial charge < -0.3 is 35.9 Å². The van der Waals surface area contributed by atoms with Crippen LogP contribution in [0.4, 0.5) is 0 Å². The minimum absolute atomic E-state index is 0.0832. The molecule has 0 aromatic carbocycles. The maximum atomic E-state index is 11.8. The van der Waals surface area contributed by atoms with E-state index < -0.39 is 48.9 Å². The second-order valence-corrected chi connectivity index (χ2v) is 4.66. The summed E-state index contributed by atoms with van der Waals surface area (Å²) >= 11 is 3.87. The standard InChI is InChI=1S/C11H20N2O7S/c1-5(16)13-7(4-21)11(19)20-10(6(12)2-14)9(18)8(17)3-15/h2,6-10,15,17-18,21H,3-4,12H2,1H3,(H,13,16)/t6-,7-,8+,9+,10+/m0/s1. The third kappa shape index (κ3) is 6.40. The lowest BCUT2D eigenvalue weighted by Crippen LogP contribution is -2.54. The molecule has 0 saturated carbocycles. The number of amides is 1.